The van der Waals surface area contributed by atoms with E-state index in [2.05, 4.69) is 4.98 Å². The summed E-state index contributed by atoms with van der Waals surface area (Å²) in [6.07, 6.45) is 4.98. The average molecular weight is 350 g/mol. The maximum Gasteiger partial charge on any atom is 0.203 e. The van der Waals surface area contributed by atoms with Gasteiger partial charge in [-0.15, -0.1) is 0 Å². The third-order valence-corrected chi connectivity index (χ3v) is 3.53. The zero-order chi connectivity index (χ0) is 17.0. The SMILES string of the molecule is CC(C)(C)C(=O)C(=Cc1cccnc1)Oc1ccc(Cl)cc1Cl. The van der Waals surface area contributed by atoms with Crippen LogP contribution in [-0.2, 0) is 4.79 Å². The van der Waals surface area contributed by atoms with Crippen molar-refractivity contribution < 1.29 is 9.53 Å². The number of ketones is 1. The molecule has 2 aromatic rings. The van der Waals surface area contributed by atoms with Crippen LogP contribution in [0.15, 0.2) is 48.5 Å². The first-order valence-electron chi connectivity index (χ1n) is 7.07. The Hall–Kier alpha value is -1.84. The molecule has 0 spiro atoms. The van der Waals surface area contributed by atoms with Crippen LogP contribution in [0.5, 0.6) is 5.75 Å². The number of ether oxygens (including phenoxy) is 1. The van der Waals surface area contributed by atoms with Crippen molar-refractivity contribution in [2.75, 3.05) is 0 Å². The summed E-state index contributed by atoms with van der Waals surface area (Å²) in [6.45, 7) is 5.50. The predicted octanol–water partition coefficient (Wildman–Crippen LogP) is 5.42. The molecule has 1 heterocycles. The Morgan fingerprint density at radius 2 is 1.96 bits per heavy atom. The number of halogens is 2. The largest absolute Gasteiger partial charge is 0.452 e. The molecule has 0 saturated heterocycles. The lowest BCUT2D eigenvalue weighted by molar-refractivity contribution is -0.124. The van der Waals surface area contributed by atoms with Gasteiger partial charge in [-0.3, -0.25) is 9.78 Å². The standard InChI is InChI=1S/C18H17Cl2NO2/c1-18(2,3)17(22)16(9-12-5-4-8-21-11-12)23-15-7-6-13(19)10-14(15)20/h4-11H,1-3H3. The second kappa shape index (κ2) is 7.16. The fraction of sp³-hybridized carbons (Fsp3) is 0.222. The number of Topliss-reactive ketones (excluding diaryl/α,β-unsaturated/α-hetero) is 1. The molecule has 0 radical (unpaired) electrons. The number of hydrogen-bond donors (Lipinski definition) is 0. The lowest BCUT2D eigenvalue weighted by atomic mass is 9.89. The van der Waals surface area contributed by atoms with E-state index < -0.39 is 5.41 Å². The highest BCUT2D eigenvalue weighted by atomic mass is 35.5. The number of aromatic nitrogens is 1. The summed E-state index contributed by atoms with van der Waals surface area (Å²) in [4.78, 5) is 16.7. The number of carbonyl (C=O) groups excluding carboxylic acids is 1. The minimum atomic E-state index is -0.590. The van der Waals surface area contributed by atoms with Crippen molar-refractivity contribution in [2.45, 2.75) is 20.8 Å². The molecule has 5 heteroatoms. The van der Waals surface area contributed by atoms with Crippen LogP contribution in [0.25, 0.3) is 6.08 Å². The van der Waals surface area contributed by atoms with E-state index in [0.717, 1.165) is 5.56 Å². The van der Waals surface area contributed by atoms with Crippen LogP contribution in [0.4, 0.5) is 0 Å². The zero-order valence-corrected chi connectivity index (χ0v) is 14.7. The molecule has 2 rings (SSSR count). The number of rotatable bonds is 4. The maximum absolute atomic E-state index is 12.7. The summed E-state index contributed by atoms with van der Waals surface area (Å²) in [5.41, 5.74) is 0.178. The molecule has 0 saturated carbocycles. The minimum absolute atomic E-state index is 0.132. The molecule has 0 bridgehead atoms. The van der Waals surface area contributed by atoms with Crippen molar-refractivity contribution in [3.05, 3.63) is 64.1 Å². The monoisotopic (exact) mass is 349 g/mol. The normalized spacial score (nSPS) is 12.1. The van der Waals surface area contributed by atoms with Crippen molar-refractivity contribution in [2.24, 2.45) is 5.41 Å². The van der Waals surface area contributed by atoms with Gasteiger partial charge in [0.25, 0.3) is 0 Å². The Balaban J connectivity index is 2.42. The van der Waals surface area contributed by atoms with Gasteiger partial charge in [-0.1, -0.05) is 50.0 Å². The first kappa shape index (κ1) is 17.5. The number of hydrogen-bond acceptors (Lipinski definition) is 3. The molecule has 0 aliphatic heterocycles. The quantitative estimate of drug-likeness (QED) is 0.546. The van der Waals surface area contributed by atoms with Gasteiger partial charge in [0.15, 0.2) is 5.76 Å². The minimum Gasteiger partial charge on any atom is -0.452 e. The van der Waals surface area contributed by atoms with Crippen molar-refractivity contribution >= 4 is 35.1 Å². The number of allylic oxidation sites excluding steroid dienone is 1. The first-order valence-corrected chi connectivity index (χ1v) is 7.82. The molecule has 1 aromatic heterocycles. The molecule has 0 amide bonds. The van der Waals surface area contributed by atoms with Crippen LogP contribution in [0.1, 0.15) is 26.3 Å². The summed E-state index contributed by atoms with van der Waals surface area (Å²) in [6, 6.07) is 8.50. The van der Waals surface area contributed by atoms with Crippen LogP contribution < -0.4 is 4.74 Å². The third kappa shape index (κ3) is 4.81. The molecule has 3 nitrogen and oxygen atoms in total. The fourth-order valence-corrected chi connectivity index (χ4v) is 2.25. The van der Waals surface area contributed by atoms with E-state index >= 15 is 0 Å². The summed E-state index contributed by atoms with van der Waals surface area (Å²) in [5.74, 6) is 0.450. The maximum atomic E-state index is 12.7. The lowest BCUT2D eigenvalue weighted by Crippen LogP contribution is -2.24. The molecule has 1 aromatic carbocycles. The van der Waals surface area contributed by atoms with E-state index in [-0.39, 0.29) is 11.5 Å². The molecular weight excluding hydrogens is 333 g/mol. The molecular formula is C18H17Cl2NO2. The molecule has 0 fully saturated rings. The second-order valence-electron chi connectivity index (χ2n) is 6.05. The van der Waals surface area contributed by atoms with Gasteiger partial charge in [-0.05, 0) is 35.9 Å². The molecule has 0 aliphatic rings. The van der Waals surface area contributed by atoms with Gasteiger partial charge in [0.2, 0.25) is 5.78 Å². The second-order valence-corrected chi connectivity index (χ2v) is 6.89. The summed E-state index contributed by atoms with van der Waals surface area (Å²) >= 11 is 12.0. The first-order chi connectivity index (χ1) is 10.8. The fourth-order valence-electron chi connectivity index (χ4n) is 1.80. The molecule has 0 atom stereocenters. The Morgan fingerprint density at radius 3 is 2.52 bits per heavy atom. The molecule has 120 valence electrons. The van der Waals surface area contributed by atoms with Crippen LogP contribution in [0.2, 0.25) is 10.0 Å². The van der Waals surface area contributed by atoms with E-state index in [9.17, 15) is 4.79 Å². The smallest absolute Gasteiger partial charge is 0.203 e. The van der Waals surface area contributed by atoms with Crippen LogP contribution in [0, 0.1) is 5.41 Å². The Bertz CT molecular complexity index is 734. The Kier molecular flexibility index (Phi) is 5.45. The zero-order valence-electron chi connectivity index (χ0n) is 13.1. The third-order valence-electron chi connectivity index (χ3n) is 3.00. The van der Waals surface area contributed by atoms with Crippen LogP contribution in [-0.4, -0.2) is 10.8 Å². The van der Waals surface area contributed by atoms with Crippen molar-refractivity contribution in [1.82, 2.24) is 4.98 Å². The molecule has 0 N–H and O–H groups in total. The summed E-state index contributed by atoms with van der Waals surface area (Å²) < 4.78 is 5.79. The average Bonchev–Trinajstić information content (AvgIpc) is 2.48. The van der Waals surface area contributed by atoms with Gasteiger partial charge in [-0.2, -0.15) is 0 Å². The topological polar surface area (TPSA) is 39.2 Å². The number of benzene rings is 1. The van der Waals surface area contributed by atoms with Gasteiger partial charge in [0.1, 0.15) is 5.75 Å². The Morgan fingerprint density at radius 1 is 1.22 bits per heavy atom. The van der Waals surface area contributed by atoms with Crippen molar-refractivity contribution in [3.8, 4) is 5.75 Å². The van der Waals surface area contributed by atoms with Crippen molar-refractivity contribution in [3.63, 3.8) is 0 Å². The van der Waals surface area contributed by atoms with E-state index in [1.54, 1.807) is 42.7 Å². The van der Waals surface area contributed by atoms with Gasteiger partial charge >= 0.3 is 0 Å². The highest BCUT2D eigenvalue weighted by molar-refractivity contribution is 6.35. The highest BCUT2D eigenvalue weighted by Gasteiger charge is 2.27. The van der Waals surface area contributed by atoms with Crippen LogP contribution in [0.3, 0.4) is 0 Å². The van der Waals surface area contributed by atoms with E-state index in [0.29, 0.717) is 15.8 Å². The van der Waals surface area contributed by atoms with Gasteiger partial charge in [-0.25, -0.2) is 0 Å². The predicted molar refractivity (Wildman–Crippen MR) is 93.8 cm³/mol. The molecule has 0 aliphatic carbocycles. The molecule has 0 unspecified atom stereocenters. The van der Waals surface area contributed by atoms with E-state index in [1.807, 2.05) is 26.8 Å². The van der Waals surface area contributed by atoms with Crippen molar-refractivity contribution in [1.29, 1.82) is 0 Å². The summed E-state index contributed by atoms with van der Waals surface area (Å²) in [5, 5.41) is 0.846. The molecule has 23 heavy (non-hydrogen) atoms. The number of nitrogens with zero attached hydrogens (tertiary/aromatic N) is 1. The number of carbonyl (C=O) groups is 1. The number of pyridine rings is 1. The Labute approximate surface area is 145 Å². The van der Waals surface area contributed by atoms with E-state index in [1.165, 1.54) is 0 Å². The van der Waals surface area contributed by atoms with E-state index in [4.69, 9.17) is 27.9 Å². The van der Waals surface area contributed by atoms with Crippen LogP contribution >= 0.6 is 23.2 Å². The van der Waals surface area contributed by atoms with Gasteiger partial charge < -0.3 is 4.74 Å². The van der Waals surface area contributed by atoms with Gasteiger partial charge in [0.05, 0.1) is 5.02 Å². The van der Waals surface area contributed by atoms with Gasteiger partial charge in [0, 0.05) is 22.8 Å². The summed E-state index contributed by atoms with van der Waals surface area (Å²) in [7, 11) is 0. The highest BCUT2D eigenvalue weighted by Crippen LogP contribution is 2.31. The lowest BCUT2D eigenvalue weighted by Gasteiger charge is -2.19.